The first-order valence-corrected chi connectivity index (χ1v) is 5.22. The van der Waals surface area contributed by atoms with Gasteiger partial charge in [-0.25, -0.2) is 0 Å². The summed E-state index contributed by atoms with van der Waals surface area (Å²) in [5, 5.41) is 19.1. The molecule has 2 N–H and O–H groups in total. The molecule has 78 valence electrons. The summed E-state index contributed by atoms with van der Waals surface area (Å²) in [5.74, 6) is 0.0612. The van der Waals surface area contributed by atoms with Crippen LogP contribution in [0, 0.1) is 0 Å². The second-order valence-electron chi connectivity index (χ2n) is 3.58. The highest BCUT2D eigenvalue weighted by atomic mass is 16.3. The van der Waals surface area contributed by atoms with Crippen LogP contribution in [0.2, 0.25) is 0 Å². The van der Waals surface area contributed by atoms with Crippen LogP contribution in [0.15, 0.2) is 12.1 Å². The Morgan fingerprint density at radius 1 is 1.14 bits per heavy atom. The van der Waals surface area contributed by atoms with E-state index in [-0.39, 0.29) is 11.5 Å². The predicted octanol–water partition coefficient (Wildman–Crippen LogP) is 3.00. The lowest BCUT2D eigenvalue weighted by atomic mass is 10.0. The van der Waals surface area contributed by atoms with Crippen LogP contribution in [-0.4, -0.2) is 10.2 Å². The molecule has 0 unspecified atom stereocenters. The molecule has 0 spiro atoms. The van der Waals surface area contributed by atoms with Gasteiger partial charge in [0, 0.05) is 0 Å². The molecule has 0 atom stereocenters. The molecule has 1 aromatic carbocycles. The average Bonchev–Trinajstić information content (AvgIpc) is 2.20. The highest BCUT2D eigenvalue weighted by molar-refractivity contribution is 5.47. The van der Waals surface area contributed by atoms with Crippen LogP contribution in [0.1, 0.15) is 37.8 Å². The van der Waals surface area contributed by atoms with Crippen LogP contribution >= 0.6 is 0 Å². The van der Waals surface area contributed by atoms with Crippen molar-refractivity contribution in [2.24, 2.45) is 0 Å². The molecular formula is C12H18O2. The summed E-state index contributed by atoms with van der Waals surface area (Å²) in [5.41, 5.74) is 1.94. The van der Waals surface area contributed by atoms with Crippen molar-refractivity contribution in [1.82, 2.24) is 0 Å². The molecular weight excluding hydrogens is 176 g/mol. The number of hydrogen-bond acceptors (Lipinski definition) is 2. The second-order valence-corrected chi connectivity index (χ2v) is 3.58. The van der Waals surface area contributed by atoms with Crippen LogP contribution in [0.5, 0.6) is 11.5 Å². The zero-order valence-corrected chi connectivity index (χ0v) is 8.88. The Balaban J connectivity index is 2.95. The SMILES string of the molecule is CCCCc1cc(CC)cc(O)c1O. The quantitative estimate of drug-likeness (QED) is 0.723. The topological polar surface area (TPSA) is 40.5 Å². The lowest BCUT2D eigenvalue weighted by Crippen LogP contribution is -1.90. The van der Waals surface area contributed by atoms with Crippen molar-refractivity contribution in [1.29, 1.82) is 0 Å². The van der Waals surface area contributed by atoms with Crippen LogP contribution in [0.4, 0.5) is 0 Å². The number of phenols is 2. The van der Waals surface area contributed by atoms with Gasteiger partial charge in [-0.05, 0) is 36.5 Å². The summed E-state index contributed by atoms with van der Waals surface area (Å²) < 4.78 is 0. The Kier molecular flexibility index (Phi) is 3.81. The van der Waals surface area contributed by atoms with Crippen molar-refractivity contribution in [2.45, 2.75) is 39.5 Å². The predicted molar refractivity (Wildman–Crippen MR) is 57.8 cm³/mol. The first-order valence-electron chi connectivity index (χ1n) is 5.22. The molecule has 1 rings (SSSR count). The van der Waals surface area contributed by atoms with E-state index >= 15 is 0 Å². The maximum atomic E-state index is 9.59. The number of phenolic OH excluding ortho intramolecular Hbond substituents is 2. The van der Waals surface area contributed by atoms with Gasteiger partial charge in [0.25, 0.3) is 0 Å². The lowest BCUT2D eigenvalue weighted by molar-refractivity contribution is 0.398. The summed E-state index contributed by atoms with van der Waals surface area (Å²) in [4.78, 5) is 0. The number of aromatic hydroxyl groups is 2. The number of hydrogen-bond donors (Lipinski definition) is 2. The van der Waals surface area contributed by atoms with E-state index in [1.54, 1.807) is 6.07 Å². The van der Waals surface area contributed by atoms with Gasteiger partial charge in [0.1, 0.15) is 0 Å². The Labute approximate surface area is 85.2 Å². The molecule has 0 aliphatic heterocycles. The second kappa shape index (κ2) is 4.89. The van der Waals surface area contributed by atoms with E-state index in [0.29, 0.717) is 0 Å². The Bertz CT molecular complexity index is 305. The van der Waals surface area contributed by atoms with Gasteiger partial charge in [-0.15, -0.1) is 0 Å². The molecule has 0 amide bonds. The number of rotatable bonds is 4. The zero-order chi connectivity index (χ0) is 10.6. The van der Waals surface area contributed by atoms with Gasteiger partial charge in [0.05, 0.1) is 0 Å². The molecule has 1 aromatic rings. The Morgan fingerprint density at radius 3 is 2.43 bits per heavy atom. The molecule has 0 aliphatic carbocycles. The third-order valence-corrected chi connectivity index (χ3v) is 2.44. The van der Waals surface area contributed by atoms with E-state index in [1.165, 1.54) is 0 Å². The van der Waals surface area contributed by atoms with Gasteiger partial charge >= 0.3 is 0 Å². The van der Waals surface area contributed by atoms with Gasteiger partial charge in [0.15, 0.2) is 11.5 Å². The summed E-state index contributed by atoms with van der Waals surface area (Å²) in [6.07, 6.45) is 3.85. The molecule has 0 aliphatic rings. The third-order valence-electron chi connectivity index (χ3n) is 2.44. The number of unbranched alkanes of at least 4 members (excludes halogenated alkanes) is 1. The van der Waals surface area contributed by atoms with Crippen LogP contribution < -0.4 is 0 Å². The zero-order valence-electron chi connectivity index (χ0n) is 8.88. The monoisotopic (exact) mass is 194 g/mol. The van der Waals surface area contributed by atoms with Crippen molar-refractivity contribution >= 4 is 0 Å². The minimum Gasteiger partial charge on any atom is -0.504 e. The van der Waals surface area contributed by atoms with Gasteiger partial charge < -0.3 is 10.2 Å². The van der Waals surface area contributed by atoms with E-state index in [0.717, 1.165) is 36.8 Å². The van der Waals surface area contributed by atoms with Crippen LogP contribution in [0.3, 0.4) is 0 Å². The van der Waals surface area contributed by atoms with Crippen molar-refractivity contribution in [3.63, 3.8) is 0 Å². The van der Waals surface area contributed by atoms with E-state index in [4.69, 9.17) is 0 Å². The number of aryl methyl sites for hydroxylation is 2. The van der Waals surface area contributed by atoms with Gasteiger partial charge in [0.2, 0.25) is 0 Å². The van der Waals surface area contributed by atoms with Crippen LogP contribution in [0.25, 0.3) is 0 Å². The minimum atomic E-state index is 0.00968. The fraction of sp³-hybridized carbons (Fsp3) is 0.500. The maximum Gasteiger partial charge on any atom is 0.160 e. The lowest BCUT2D eigenvalue weighted by Gasteiger charge is -2.08. The average molecular weight is 194 g/mol. The Hall–Kier alpha value is -1.18. The highest BCUT2D eigenvalue weighted by Crippen LogP contribution is 2.31. The molecule has 0 aromatic heterocycles. The summed E-state index contributed by atoms with van der Waals surface area (Å²) in [7, 11) is 0. The van der Waals surface area contributed by atoms with Crippen molar-refractivity contribution in [3.05, 3.63) is 23.3 Å². The molecule has 2 nitrogen and oxygen atoms in total. The van der Waals surface area contributed by atoms with Gasteiger partial charge in [-0.3, -0.25) is 0 Å². The smallest absolute Gasteiger partial charge is 0.160 e. The van der Waals surface area contributed by atoms with Gasteiger partial charge in [-0.1, -0.05) is 26.3 Å². The van der Waals surface area contributed by atoms with Crippen molar-refractivity contribution in [2.75, 3.05) is 0 Å². The van der Waals surface area contributed by atoms with Gasteiger partial charge in [-0.2, -0.15) is 0 Å². The van der Waals surface area contributed by atoms with Crippen LogP contribution in [-0.2, 0) is 12.8 Å². The maximum absolute atomic E-state index is 9.59. The fourth-order valence-electron chi connectivity index (χ4n) is 1.50. The molecule has 14 heavy (non-hydrogen) atoms. The molecule has 0 radical (unpaired) electrons. The van der Waals surface area contributed by atoms with E-state index in [1.807, 2.05) is 13.0 Å². The largest absolute Gasteiger partial charge is 0.504 e. The molecule has 0 saturated heterocycles. The van der Waals surface area contributed by atoms with E-state index in [9.17, 15) is 10.2 Å². The van der Waals surface area contributed by atoms with E-state index in [2.05, 4.69) is 6.92 Å². The summed E-state index contributed by atoms with van der Waals surface area (Å²) >= 11 is 0. The fourth-order valence-corrected chi connectivity index (χ4v) is 1.50. The van der Waals surface area contributed by atoms with Crippen molar-refractivity contribution in [3.8, 4) is 11.5 Å². The molecule has 0 fully saturated rings. The van der Waals surface area contributed by atoms with Crippen molar-refractivity contribution < 1.29 is 10.2 Å². The first-order chi connectivity index (χ1) is 6.69. The third kappa shape index (κ3) is 2.41. The first kappa shape index (κ1) is 10.9. The summed E-state index contributed by atoms with van der Waals surface area (Å²) in [6, 6.07) is 3.61. The standard InChI is InChI=1S/C12H18O2/c1-3-5-6-10-7-9(4-2)8-11(13)12(10)14/h7-8,13-14H,3-6H2,1-2H3. The highest BCUT2D eigenvalue weighted by Gasteiger charge is 2.07. The minimum absolute atomic E-state index is 0.00968. The summed E-state index contributed by atoms with van der Waals surface area (Å²) in [6.45, 7) is 4.15. The normalized spacial score (nSPS) is 10.4. The van der Waals surface area contributed by atoms with E-state index < -0.39 is 0 Å². The molecule has 2 heteroatoms. The molecule has 0 heterocycles. The number of benzene rings is 1. The molecule has 0 saturated carbocycles. The molecule has 0 bridgehead atoms. The Morgan fingerprint density at radius 2 is 1.86 bits per heavy atom.